The number of sulfone groups is 1. The Morgan fingerprint density at radius 2 is 1.65 bits per heavy atom. The maximum Gasteiger partial charge on any atom is 0.238 e. The number of halogens is 1. The van der Waals surface area contributed by atoms with E-state index in [1.165, 1.54) is 19.1 Å². The molecule has 0 radical (unpaired) electrons. The second-order valence-electron chi connectivity index (χ2n) is 6.37. The largest absolute Gasteiger partial charge is 0.351 e. The highest BCUT2D eigenvalue weighted by atomic mass is 32.2. The molecule has 0 heterocycles. The van der Waals surface area contributed by atoms with Gasteiger partial charge in [-0.3, -0.25) is 4.79 Å². The highest BCUT2D eigenvalue weighted by molar-refractivity contribution is 7.92. The second-order valence-corrected chi connectivity index (χ2v) is 8.63. The van der Waals surface area contributed by atoms with Gasteiger partial charge in [0.15, 0.2) is 9.84 Å². The summed E-state index contributed by atoms with van der Waals surface area (Å²) < 4.78 is 38.0. The van der Waals surface area contributed by atoms with E-state index in [1.807, 2.05) is 43.3 Å². The zero-order valence-electron chi connectivity index (χ0n) is 15.1. The van der Waals surface area contributed by atoms with Gasteiger partial charge < -0.3 is 10.2 Å². The molecule has 0 aromatic heterocycles. The van der Waals surface area contributed by atoms with Gasteiger partial charge in [-0.05, 0) is 56.4 Å². The summed E-state index contributed by atoms with van der Waals surface area (Å²) in [5, 5.41) is 1.42. The quantitative estimate of drug-likeness (QED) is 0.751. The van der Waals surface area contributed by atoms with Crippen LogP contribution in [0.3, 0.4) is 0 Å². The second kappa shape index (κ2) is 8.42. The number of hydrogen-bond acceptors (Lipinski definition) is 4. The summed E-state index contributed by atoms with van der Waals surface area (Å²) in [7, 11) is 0.0268. The average Bonchev–Trinajstić information content (AvgIpc) is 2.60. The zero-order chi connectivity index (χ0) is 19.3. The molecular weight excluding hydrogens is 355 g/mol. The van der Waals surface area contributed by atoms with Gasteiger partial charge in [-0.1, -0.05) is 24.3 Å². The van der Waals surface area contributed by atoms with Gasteiger partial charge in [-0.15, -0.1) is 0 Å². The van der Waals surface area contributed by atoms with Crippen LogP contribution >= 0.6 is 0 Å². The number of rotatable bonds is 7. The summed E-state index contributed by atoms with van der Waals surface area (Å²) in [6.07, 6.45) is 0. The van der Waals surface area contributed by atoms with E-state index >= 15 is 0 Å². The van der Waals surface area contributed by atoms with Gasteiger partial charge in [0.05, 0.1) is 4.90 Å². The van der Waals surface area contributed by atoms with Crippen LogP contribution in [0.1, 0.15) is 18.1 Å². The fourth-order valence-electron chi connectivity index (χ4n) is 2.52. The number of carbonyl (C=O) groups is 1. The molecule has 0 bridgehead atoms. The molecule has 0 aliphatic rings. The minimum Gasteiger partial charge on any atom is -0.351 e. The number of nitrogens with one attached hydrogen (secondary N) is 1. The molecule has 0 aliphatic carbocycles. The van der Waals surface area contributed by atoms with Crippen molar-refractivity contribution in [1.82, 2.24) is 10.2 Å². The Bertz CT molecular complexity index is 865. The lowest BCUT2D eigenvalue weighted by Gasteiger charge is -2.16. The molecule has 5 nitrogen and oxygen atoms in total. The van der Waals surface area contributed by atoms with Gasteiger partial charge in [-0.25, -0.2) is 12.8 Å². The SMILES string of the molecule is C[C@H](C(=O)NCc1ccccc1CN(C)C)S(=O)(=O)c1ccc(F)cc1. The van der Waals surface area contributed by atoms with Gasteiger partial charge in [0.1, 0.15) is 11.1 Å². The molecule has 0 saturated carbocycles. The van der Waals surface area contributed by atoms with Crippen LogP contribution in [0.4, 0.5) is 4.39 Å². The molecular formula is C19H23FN2O3S. The first kappa shape index (κ1) is 20.1. The predicted molar refractivity (Wildman–Crippen MR) is 98.7 cm³/mol. The lowest BCUT2D eigenvalue weighted by atomic mass is 10.1. The number of carbonyl (C=O) groups excluding carboxylic acids is 1. The molecule has 2 rings (SSSR count). The molecule has 2 aromatic rings. The van der Waals surface area contributed by atoms with E-state index in [-0.39, 0.29) is 11.4 Å². The van der Waals surface area contributed by atoms with E-state index in [4.69, 9.17) is 0 Å². The van der Waals surface area contributed by atoms with Crippen molar-refractivity contribution in [2.75, 3.05) is 14.1 Å². The smallest absolute Gasteiger partial charge is 0.238 e. The molecule has 1 amide bonds. The number of benzene rings is 2. The van der Waals surface area contributed by atoms with E-state index < -0.39 is 26.8 Å². The maximum absolute atomic E-state index is 13.0. The van der Waals surface area contributed by atoms with Crippen LogP contribution < -0.4 is 5.32 Å². The first-order chi connectivity index (χ1) is 12.2. The van der Waals surface area contributed by atoms with Crippen molar-refractivity contribution in [2.45, 2.75) is 30.2 Å². The minimum absolute atomic E-state index is 0.0745. The predicted octanol–water partition coefficient (Wildman–Crippen LogP) is 2.37. The maximum atomic E-state index is 13.0. The van der Waals surface area contributed by atoms with Crippen molar-refractivity contribution >= 4 is 15.7 Å². The Hall–Kier alpha value is -2.25. The Kier molecular flexibility index (Phi) is 6.50. The molecule has 2 aromatic carbocycles. The fourth-order valence-corrected chi connectivity index (χ4v) is 3.81. The van der Waals surface area contributed by atoms with Gasteiger partial charge in [0.25, 0.3) is 0 Å². The summed E-state index contributed by atoms with van der Waals surface area (Å²) in [5.41, 5.74) is 1.99. The Morgan fingerprint density at radius 3 is 2.23 bits per heavy atom. The third-order valence-electron chi connectivity index (χ3n) is 4.03. The molecule has 0 fully saturated rings. The monoisotopic (exact) mass is 378 g/mol. The molecule has 7 heteroatoms. The van der Waals surface area contributed by atoms with Crippen molar-refractivity contribution in [3.05, 3.63) is 65.5 Å². The van der Waals surface area contributed by atoms with Crippen molar-refractivity contribution in [3.63, 3.8) is 0 Å². The third kappa shape index (κ3) is 4.89. The number of amides is 1. The van der Waals surface area contributed by atoms with E-state index in [2.05, 4.69) is 5.32 Å². The molecule has 140 valence electrons. The summed E-state index contributed by atoms with van der Waals surface area (Å²) in [6.45, 7) is 2.29. The van der Waals surface area contributed by atoms with E-state index in [0.717, 1.165) is 29.8 Å². The highest BCUT2D eigenvalue weighted by Gasteiger charge is 2.29. The lowest BCUT2D eigenvalue weighted by Crippen LogP contribution is -2.37. The van der Waals surface area contributed by atoms with Crippen LogP contribution in [-0.4, -0.2) is 38.6 Å². The molecule has 0 spiro atoms. The van der Waals surface area contributed by atoms with Crippen LogP contribution in [0, 0.1) is 5.82 Å². The number of hydrogen-bond donors (Lipinski definition) is 1. The fraction of sp³-hybridized carbons (Fsp3) is 0.316. The van der Waals surface area contributed by atoms with Crippen molar-refractivity contribution < 1.29 is 17.6 Å². The molecule has 26 heavy (non-hydrogen) atoms. The average molecular weight is 378 g/mol. The molecule has 1 atom stereocenters. The van der Waals surface area contributed by atoms with Crippen LogP contribution in [0.5, 0.6) is 0 Å². The van der Waals surface area contributed by atoms with Gasteiger partial charge in [0.2, 0.25) is 5.91 Å². The van der Waals surface area contributed by atoms with Gasteiger partial charge >= 0.3 is 0 Å². The third-order valence-corrected chi connectivity index (χ3v) is 6.11. The Labute approximate surface area is 153 Å². The molecule has 1 N–H and O–H groups in total. The summed E-state index contributed by atoms with van der Waals surface area (Å²) in [4.78, 5) is 14.3. The minimum atomic E-state index is -3.88. The first-order valence-corrected chi connectivity index (χ1v) is 9.75. The molecule has 0 aliphatic heterocycles. The topological polar surface area (TPSA) is 66.5 Å². The van der Waals surface area contributed by atoms with Crippen LogP contribution in [0.25, 0.3) is 0 Å². The van der Waals surface area contributed by atoms with Gasteiger partial charge in [-0.2, -0.15) is 0 Å². The Morgan fingerprint density at radius 1 is 1.08 bits per heavy atom. The van der Waals surface area contributed by atoms with Crippen molar-refractivity contribution in [2.24, 2.45) is 0 Å². The summed E-state index contributed by atoms with van der Waals surface area (Å²) in [6, 6.07) is 12.1. The molecule has 0 unspecified atom stereocenters. The highest BCUT2D eigenvalue weighted by Crippen LogP contribution is 2.17. The normalized spacial score (nSPS) is 12.8. The van der Waals surface area contributed by atoms with Crippen molar-refractivity contribution in [1.29, 1.82) is 0 Å². The lowest BCUT2D eigenvalue weighted by molar-refractivity contribution is -0.120. The van der Waals surface area contributed by atoms with Gasteiger partial charge in [0, 0.05) is 13.1 Å². The summed E-state index contributed by atoms with van der Waals surface area (Å²) >= 11 is 0. The van der Waals surface area contributed by atoms with Crippen LogP contribution in [-0.2, 0) is 27.7 Å². The summed E-state index contributed by atoms with van der Waals surface area (Å²) in [5.74, 6) is -1.12. The molecule has 0 saturated heterocycles. The van der Waals surface area contributed by atoms with E-state index in [0.29, 0.717) is 0 Å². The zero-order valence-corrected chi connectivity index (χ0v) is 15.9. The van der Waals surface area contributed by atoms with Crippen LogP contribution in [0.2, 0.25) is 0 Å². The first-order valence-electron chi connectivity index (χ1n) is 8.20. The van der Waals surface area contributed by atoms with E-state index in [9.17, 15) is 17.6 Å². The standard InChI is InChI=1S/C19H23FN2O3S/c1-14(26(24,25)18-10-8-17(20)9-11-18)19(23)21-12-15-6-4-5-7-16(15)13-22(2)3/h4-11,14H,12-13H2,1-3H3,(H,21,23)/t14-/m1/s1. The Balaban J connectivity index is 2.09. The number of nitrogens with zero attached hydrogens (tertiary/aromatic N) is 1. The van der Waals surface area contributed by atoms with Crippen LogP contribution in [0.15, 0.2) is 53.4 Å². The van der Waals surface area contributed by atoms with E-state index in [1.54, 1.807) is 0 Å². The van der Waals surface area contributed by atoms with Crippen molar-refractivity contribution in [3.8, 4) is 0 Å².